The number of esters is 1. The van der Waals surface area contributed by atoms with Crippen molar-refractivity contribution in [3.63, 3.8) is 0 Å². The van der Waals surface area contributed by atoms with E-state index in [1.807, 2.05) is 43.4 Å². The van der Waals surface area contributed by atoms with Gasteiger partial charge in [0.05, 0.1) is 12.0 Å². The number of nitrogens with zero attached hydrogens (tertiary/aromatic N) is 2. The van der Waals surface area contributed by atoms with Crippen LogP contribution in [-0.4, -0.2) is 48.8 Å². The molecule has 1 aromatic carbocycles. The van der Waals surface area contributed by atoms with Crippen molar-refractivity contribution in [3.8, 4) is 11.3 Å². The van der Waals surface area contributed by atoms with Crippen LogP contribution in [0.5, 0.6) is 0 Å². The third-order valence-corrected chi connectivity index (χ3v) is 5.46. The lowest BCUT2D eigenvalue weighted by molar-refractivity contribution is -0.150. The Morgan fingerprint density at radius 2 is 2.04 bits per heavy atom. The number of cyclic esters (lactones) is 1. The molecule has 0 bridgehead atoms. The fraction of sp³-hybridized carbons (Fsp3) is 0.500. The number of benzene rings is 1. The SMILES string of the molecule is CN(Cc1cc(-c2ccccc2)no1)CC1CC2(CCNCC2)C(=O)O1. The smallest absolute Gasteiger partial charge is 0.312 e. The van der Waals surface area contributed by atoms with Crippen LogP contribution < -0.4 is 5.32 Å². The predicted molar refractivity (Wildman–Crippen MR) is 97.3 cm³/mol. The van der Waals surface area contributed by atoms with Crippen LogP contribution in [0.1, 0.15) is 25.0 Å². The molecule has 3 heterocycles. The molecular weight excluding hydrogens is 330 g/mol. The van der Waals surface area contributed by atoms with E-state index in [2.05, 4.69) is 15.4 Å². The minimum Gasteiger partial charge on any atom is -0.461 e. The number of carbonyl (C=O) groups excluding carboxylic acids is 1. The quantitative estimate of drug-likeness (QED) is 0.831. The molecule has 26 heavy (non-hydrogen) atoms. The van der Waals surface area contributed by atoms with E-state index in [1.165, 1.54) is 0 Å². The van der Waals surface area contributed by atoms with Crippen molar-refractivity contribution in [1.29, 1.82) is 0 Å². The monoisotopic (exact) mass is 355 g/mol. The Bertz CT molecular complexity index is 753. The van der Waals surface area contributed by atoms with Gasteiger partial charge >= 0.3 is 5.97 Å². The van der Waals surface area contributed by atoms with Gasteiger partial charge in [0.2, 0.25) is 0 Å². The van der Waals surface area contributed by atoms with Gasteiger partial charge in [0, 0.05) is 24.6 Å². The summed E-state index contributed by atoms with van der Waals surface area (Å²) < 4.78 is 11.2. The van der Waals surface area contributed by atoms with E-state index in [4.69, 9.17) is 9.26 Å². The largest absolute Gasteiger partial charge is 0.461 e. The second-order valence-electron chi connectivity index (χ2n) is 7.50. The lowest BCUT2D eigenvalue weighted by Gasteiger charge is -2.29. The standard InChI is InChI=1S/C20H25N3O3/c1-23(13-16-11-18(22-26-16)15-5-3-2-4-6-15)14-17-12-20(19(24)25-17)7-9-21-10-8-20/h2-6,11,17,21H,7-10,12-14H2,1H3. The second kappa shape index (κ2) is 7.21. The maximum atomic E-state index is 12.4. The number of likely N-dealkylation sites (N-methyl/N-ethyl adjacent to an activating group) is 1. The van der Waals surface area contributed by atoms with Crippen molar-refractivity contribution in [1.82, 2.24) is 15.4 Å². The summed E-state index contributed by atoms with van der Waals surface area (Å²) in [6, 6.07) is 12.0. The normalized spacial score (nSPS) is 22.1. The first-order valence-corrected chi connectivity index (χ1v) is 9.26. The molecule has 1 spiro atoms. The first-order valence-electron chi connectivity index (χ1n) is 9.26. The van der Waals surface area contributed by atoms with E-state index in [9.17, 15) is 4.79 Å². The van der Waals surface area contributed by atoms with Crippen LogP contribution in [0.4, 0.5) is 0 Å². The molecule has 2 saturated heterocycles. The van der Waals surface area contributed by atoms with Crippen LogP contribution in [-0.2, 0) is 16.1 Å². The lowest BCUT2D eigenvalue weighted by Crippen LogP contribution is -2.39. The van der Waals surface area contributed by atoms with Gasteiger partial charge in [-0.3, -0.25) is 9.69 Å². The summed E-state index contributed by atoms with van der Waals surface area (Å²) in [7, 11) is 2.02. The van der Waals surface area contributed by atoms with Crippen LogP contribution in [0, 0.1) is 5.41 Å². The number of rotatable bonds is 5. The molecule has 1 atom stereocenters. The van der Waals surface area contributed by atoms with Gasteiger partial charge in [-0.1, -0.05) is 35.5 Å². The molecule has 138 valence electrons. The third-order valence-electron chi connectivity index (χ3n) is 5.46. The number of ether oxygens (including phenoxy) is 1. The fourth-order valence-electron chi connectivity index (χ4n) is 4.06. The van der Waals surface area contributed by atoms with Crippen molar-refractivity contribution in [2.45, 2.75) is 31.9 Å². The second-order valence-corrected chi connectivity index (χ2v) is 7.50. The van der Waals surface area contributed by atoms with E-state index in [0.29, 0.717) is 13.1 Å². The summed E-state index contributed by atoms with van der Waals surface area (Å²) in [5, 5.41) is 7.48. The molecule has 1 aromatic heterocycles. The molecule has 6 nitrogen and oxygen atoms in total. The van der Waals surface area contributed by atoms with E-state index in [0.717, 1.165) is 49.4 Å². The Morgan fingerprint density at radius 3 is 2.81 bits per heavy atom. The summed E-state index contributed by atoms with van der Waals surface area (Å²) in [6.45, 7) is 3.15. The van der Waals surface area contributed by atoms with Gasteiger partial charge in [-0.05, 0) is 33.0 Å². The lowest BCUT2D eigenvalue weighted by atomic mass is 9.76. The maximum absolute atomic E-state index is 12.4. The Kier molecular flexibility index (Phi) is 4.78. The van der Waals surface area contributed by atoms with Crippen LogP contribution in [0.2, 0.25) is 0 Å². The summed E-state index contributed by atoms with van der Waals surface area (Å²) in [5.74, 6) is 0.802. The van der Waals surface area contributed by atoms with Crippen molar-refractivity contribution in [2.24, 2.45) is 5.41 Å². The molecular formula is C20H25N3O3. The first-order chi connectivity index (χ1) is 12.6. The number of hydrogen-bond acceptors (Lipinski definition) is 6. The van der Waals surface area contributed by atoms with E-state index in [-0.39, 0.29) is 17.5 Å². The van der Waals surface area contributed by atoms with Crippen LogP contribution >= 0.6 is 0 Å². The fourth-order valence-corrected chi connectivity index (χ4v) is 4.06. The van der Waals surface area contributed by atoms with E-state index in [1.54, 1.807) is 0 Å². The predicted octanol–water partition coefficient (Wildman–Crippen LogP) is 2.46. The van der Waals surface area contributed by atoms with Gasteiger partial charge in [0.15, 0.2) is 5.76 Å². The first kappa shape index (κ1) is 17.2. The highest BCUT2D eigenvalue weighted by molar-refractivity contribution is 5.79. The summed E-state index contributed by atoms with van der Waals surface area (Å²) in [5.41, 5.74) is 1.63. The van der Waals surface area contributed by atoms with Crippen molar-refractivity contribution in [2.75, 3.05) is 26.7 Å². The van der Waals surface area contributed by atoms with E-state index >= 15 is 0 Å². The topological polar surface area (TPSA) is 67.6 Å². The van der Waals surface area contributed by atoms with Crippen molar-refractivity contribution < 1.29 is 14.1 Å². The minimum absolute atomic E-state index is 0.0107. The number of piperidine rings is 1. The Labute approximate surface area is 153 Å². The van der Waals surface area contributed by atoms with E-state index < -0.39 is 0 Å². The third kappa shape index (κ3) is 3.52. The zero-order valence-corrected chi connectivity index (χ0v) is 15.1. The van der Waals surface area contributed by atoms with Gasteiger partial charge < -0.3 is 14.6 Å². The Hall–Kier alpha value is -2.18. The molecule has 2 aliphatic rings. The number of carbonyl (C=O) groups is 1. The maximum Gasteiger partial charge on any atom is 0.312 e. The molecule has 2 aromatic rings. The summed E-state index contributed by atoms with van der Waals surface area (Å²) >= 11 is 0. The van der Waals surface area contributed by atoms with Gasteiger partial charge in [0.1, 0.15) is 11.8 Å². The molecule has 0 aliphatic carbocycles. The Balaban J connectivity index is 1.34. The molecule has 2 aliphatic heterocycles. The zero-order valence-electron chi connectivity index (χ0n) is 15.1. The summed E-state index contributed by atoms with van der Waals surface area (Å²) in [4.78, 5) is 14.5. The zero-order chi connectivity index (χ0) is 18.0. The molecule has 0 saturated carbocycles. The van der Waals surface area contributed by atoms with Crippen molar-refractivity contribution in [3.05, 3.63) is 42.2 Å². The number of nitrogens with one attached hydrogen (secondary N) is 1. The number of hydrogen-bond donors (Lipinski definition) is 1. The molecule has 1 unspecified atom stereocenters. The highest BCUT2D eigenvalue weighted by atomic mass is 16.6. The number of aromatic nitrogens is 1. The molecule has 6 heteroatoms. The van der Waals surface area contributed by atoms with Crippen LogP contribution in [0.25, 0.3) is 11.3 Å². The average molecular weight is 355 g/mol. The van der Waals surface area contributed by atoms with Crippen molar-refractivity contribution >= 4 is 5.97 Å². The summed E-state index contributed by atoms with van der Waals surface area (Å²) in [6.07, 6.45) is 2.55. The van der Waals surface area contributed by atoms with Gasteiger partial charge in [-0.25, -0.2) is 0 Å². The van der Waals surface area contributed by atoms with Gasteiger partial charge in [-0.15, -0.1) is 0 Å². The molecule has 4 rings (SSSR count). The average Bonchev–Trinajstić information content (AvgIpc) is 3.22. The highest BCUT2D eigenvalue weighted by Gasteiger charge is 2.49. The van der Waals surface area contributed by atoms with Crippen LogP contribution in [0.3, 0.4) is 0 Å². The molecule has 0 radical (unpaired) electrons. The molecule has 2 fully saturated rings. The van der Waals surface area contributed by atoms with Gasteiger partial charge in [-0.2, -0.15) is 0 Å². The molecule has 0 amide bonds. The van der Waals surface area contributed by atoms with Crippen LogP contribution in [0.15, 0.2) is 40.9 Å². The van der Waals surface area contributed by atoms with Gasteiger partial charge in [0.25, 0.3) is 0 Å². The minimum atomic E-state index is -0.260. The highest BCUT2D eigenvalue weighted by Crippen LogP contribution is 2.41. The molecule has 1 N–H and O–H groups in total. The Morgan fingerprint density at radius 1 is 1.27 bits per heavy atom.